The zero-order valence-corrected chi connectivity index (χ0v) is 17.2. The quantitative estimate of drug-likeness (QED) is 0.786. The number of hydrogen-bond donors (Lipinski definition) is 2. The third-order valence-electron chi connectivity index (χ3n) is 6.14. The monoisotopic (exact) mass is 417 g/mol. The van der Waals surface area contributed by atoms with Gasteiger partial charge in [-0.3, -0.25) is 4.21 Å². The molecule has 2 N–H and O–H groups in total. The fourth-order valence-electron chi connectivity index (χ4n) is 4.67. The SMILES string of the molecule is O=[S@@]1CCc2nc(N3CCC(c4ccc(Cl)cc4)CC3)c3c(c21)NCC(O)C3. The van der Waals surface area contributed by atoms with Gasteiger partial charge in [-0.25, -0.2) is 4.98 Å². The standard InChI is InChI=1S/C21H24ClN3O2S/c22-15-3-1-13(2-4-15)14-5-8-25(9-6-14)21-17-11-16(26)12-23-19(17)20-18(24-21)7-10-28(20)27/h1-4,14,16,23,26H,5-12H2/t16?,28-/m1/s1. The van der Waals surface area contributed by atoms with Crippen molar-refractivity contribution in [2.45, 2.75) is 42.6 Å². The van der Waals surface area contributed by atoms with Crippen molar-refractivity contribution in [1.29, 1.82) is 0 Å². The Labute approximate surface area is 172 Å². The second-order valence-electron chi connectivity index (χ2n) is 7.92. The zero-order chi connectivity index (χ0) is 19.3. The molecule has 1 unspecified atom stereocenters. The highest BCUT2D eigenvalue weighted by molar-refractivity contribution is 7.85. The van der Waals surface area contributed by atoms with Gasteiger partial charge in [-0.05, 0) is 36.5 Å². The third kappa shape index (κ3) is 3.21. The molecule has 0 aliphatic carbocycles. The lowest BCUT2D eigenvalue weighted by Gasteiger charge is -2.36. The van der Waals surface area contributed by atoms with Crippen molar-refractivity contribution in [2.75, 3.05) is 35.6 Å². The Bertz CT molecular complexity index is 926. The van der Waals surface area contributed by atoms with E-state index in [4.69, 9.17) is 16.6 Å². The van der Waals surface area contributed by atoms with Gasteiger partial charge in [-0.15, -0.1) is 0 Å². The first kappa shape index (κ1) is 18.4. The van der Waals surface area contributed by atoms with E-state index in [-0.39, 0.29) is 0 Å². The molecule has 0 spiro atoms. The van der Waals surface area contributed by atoms with Crippen molar-refractivity contribution < 1.29 is 9.32 Å². The first-order valence-electron chi connectivity index (χ1n) is 9.96. The maximum atomic E-state index is 12.5. The molecule has 0 radical (unpaired) electrons. The van der Waals surface area contributed by atoms with Crippen LogP contribution in [0.4, 0.5) is 11.5 Å². The highest BCUT2D eigenvalue weighted by atomic mass is 35.5. The molecule has 2 atom stereocenters. The van der Waals surface area contributed by atoms with E-state index in [0.717, 1.165) is 65.0 Å². The number of aryl methyl sites for hydroxylation is 1. The number of aliphatic hydroxyl groups is 1. The number of piperidine rings is 1. The third-order valence-corrected chi connectivity index (χ3v) is 7.87. The van der Waals surface area contributed by atoms with Gasteiger partial charge in [0, 0.05) is 48.8 Å². The molecule has 1 saturated heterocycles. The van der Waals surface area contributed by atoms with E-state index in [0.29, 0.717) is 24.6 Å². The van der Waals surface area contributed by atoms with Crippen molar-refractivity contribution in [3.63, 3.8) is 0 Å². The Morgan fingerprint density at radius 2 is 1.96 bits per heavy atom. The van der Waals surface area contributed by atoms with Crippen molar-refractivity contribution in [3.8, 4) is 0 Å². The maximum Gasteiger partial charge on any atom is 0.134 e. The van der Waals surface area contributed by atoms with E-state index in [1.165, 1.54) is 5.56 Å². The minimum atomic E-state index is -0.980. The lowest BCUT2D eigenvalue weighted by atomic mass is 9.89. The second kappa shape index (κ2) is 7.32. The average molecular weight is 418 g/mol. The van der Waals surface area contributed by atoms with Gasteiger partial charge >= 0.3 is 0 Å². The summed E-state index contributed by atoms with van der Waals surface area (Å²) in [7, 11) is -0.980. The number of halogens is 1. The van der Waals surface area contributed by atoms with Crippen LogP contribution in [0.3, 0.4) is 0 Å². The Kier molecular flexibility index (Phi) is 4.81. The molecule has 0 amide bonds. The zero-order valence-electron chi connectivity index (χ0n) is 15.7. The average Bonchev–Trinajstić information content (AvgIpc) is 3.09. The normalized spacial score (nSPS) is 24.6. The predicted molar refractivity (Wildman–Crippen MR) is 113 cm³/mol. The van der Waals surface area contributed by atoms with Crippen molar-refractivity contribution in [3.05, 3.63) is 46.1 Å². The van der Waals surface area contributed by atoms with Crippen molar-refractivity contribution in [2.24, 2.45) is 0 Å². The van der Waals surface area contributed by atoms with E-state index in [1.54, 1.807) is 0 Å². The number of fused-ring (bicyclic) bond motifs is 3. The number of aliphatic hydroxyl groups excluding tert-OH is 1. The van der Waals surface area contributed by atoms with Gasteiger partial charge in [0.15, 0.2) is 0 Å². The van der Waals surface area contributed by atoms with Crippen molar-refractivity contribution in [1.82, 2.24) is 4.98 Å². The molecule has 5 rings (SSSR count). The Morgan fingerprint density at radius 3 is 2.71 bits per heavy atom. The number of rotatable bonds is 2. The van der Waals surface area contributed by atoms with Gasteiger partial charge in [-0.1, -0.05) is 23.7 Å². The molecule has 5 nitrogen and oxygen atoms in total. The summed E-state index contributed by atoms with van der Waals surface area (Å²) >= 11 is 6.03. The van der Waals surface area contributed by atoms with Crippen LogP contribution in [0.1, 0.15) is 35.6 Å². The molecule has 2 aromatic rings. The fraction of sp³-hybridized carbons (Fsp3) is 0.476. The minimum absolute atomic E-state index is 0.424. The number of benzene rings is 1. The van der Waals surface area contributed by atoms with Crippen LogP contribution in [0.2, 0.25) is 5.02 Å². The van der Waals surface area contributed by atoms with Crippen LogP contribution in [0.5, 0.6) is 0 Å². The maximum absolute atomic E-state index is 12.5. The first-order valence-corrected chi connectivity index (χ1v) is 11.7. The van der Waals surface area contributed by atoms with E-state index in [2.05, 4.69) is 22.3 Å². The van der Waals surface area contributed by atoms with Gasteiger partial charge in [0.05, 0.1) is 33.2 Å². The molecule has 4 heterocycles. The Balaban J connectivity index is 1.43. The number of nitrogens with zero attached hydrogens (tertiary/aromatic N) is 2. The predicted octanol–water partition coefficient (Wildman–Crippen LogP) is 3.11. The molecule has 1 fully saturated rings. The highest BCUT2D eigenvalue weighted by Gasteiger charge is 2.33. The number of nitrogens with one attached hydrogen (secondary N) is 1. The van der Waals surface area contributed by atoms with Crippen LogP contribution in [-0.4, -0.2) is 45.8 Å². The van der Waals surface area contributed by atoms with Gasteiger partial charge in [0.2, 0.25) is 0 Å². The molecule has 28 heavy (non-hydrogen) atoms. The first-order chi connectivity index (χ1) is 13.6. The van der Waals surface area contributed by atoms with Gasteiger partial charge in [0.25, 0.3) is 0 Å². The highest BCUT2D eigenvalue weighted by Crippen LogP contribution is 2.41. The number of pyridine rings is 1. The smallest absolute Gasteiger partial charge is 0.134 e. The molecule has 1 aromatic heterocycles. The van der Waals surface area contributed by atoms with Gasteiger partial charge in [0.1, 0.15) is 5.82 Å². The van der Waals surface area contributed by atoms with E-state index >= 15 is 0 Å². The van der Waals surface area contributed by atoms with Crippen LogP contribution >= 0.6 is 11.6 Å². The number of β-amino-alcohol motifs (C(OH)–C–C–N with tert-alkyl or cyclic N) is 1. The topological polar surface area (TPSA) is 65.5 Å². The van der Waals surface area contributed by atoms with Gasteiger partial charge in [-0.2, -0.15) is 0 Å². The lowest BCUT2D eigenvalue weighted by Crippen LogP contribution is -2.37. The Hall–Kier alpha value is -1.63. The van der Waals surface area contributed by atoms with Crippen LogP contribution in [0.25, 0.3) is 0 Å². The molecular weight excluding hydrogens is 394 g/mol. The summed E-state index contributed by atoms with van der Waals surface area (Å²) < 4.78 is 12.5. The summed E-state index contributed by atoms with van der Waals surface area (Å²) in [5, 5.41) is 14.3. The van der Waals surface area contributed by atoms with Crippen LogP contribution in [0, 0.1) is 0 Å². The summed E-state index contributed by atoms with van der Waals surface area (Å²) in [6.45, 7) is 2.38. The van der Waals surface area contributed by atoms with E-state index in [9.17, 15) is 9.32 Å². The molecule has 7 heteroatoms. The largest absolute Gasteiger partial charge is 0.391 e. The summed E-state index contributed by atoms with van der Waals surface area (Å²) in [6.07, 6.45) is 3.06. The van der Waals surface area contributed by atoms with Crippen LogP contribution in [0.15, 0.2) is 29.2 Å². The molecule has 148 valence electrons. The number of aromatic nitrogens is 1. The Morgan fingerprint density at radius 1 is 1.21 bits per heavy atom. The molecule has 3 aliphatic rings. The van der Waals surface area contributed by atoms with E-state index in [1.807, 2.05) is 12.1 Å². The van der Waals surface area contributed by atoms with Gasteiger partial charge < -0.3 is 15.3 Å². The number of hydrogen-bond acceptors (Lipinski definition) is 5. The summed E-state index contributed by atoms with van der Waals surface area (Å²) in [5.74, 6) is 2.17. The summed E-state index contributed by atoms with van der Waals surface area (Å²) in [5.41, 5.74) is 4.33. The molecule has 0 saturated carbocycles. The number of anilines is 2. The van der Waals surface area contributed by atoms with Crippen LogP contribution < -0.4 is 10.2 Å². The summed E-state index contributed by atoms with van der Waals surface area (Å²) in [6, 6.07) is 8.20. The fourth-order valence-corrected chi connectivity index (χ4v) is 6.22. The van der Waals surface area contributed by atoms with Crippen LogP contribution in [-0.2, 0) is 23.6 Å². The summed E-state index contributed by atoms with van der Waals surface area (Å²) in [4.78, 5) is 8.18. The lowest BCUT2D eigenvalue weighted by molar-refractivity contribution is 0.184. The molecule has 0 bridgehead atoms. The molecule has 3 aliphatic heterocycles. The minimum Gasteiger partial charge on any atom is -0.391 e. The second-order valence-corrected chi connectivity index (χ2v) is 9.86. The van der Waals surface area contributed by atoms with Crippen molar-refractivity contribution >= 4 is 33.9 Å². The molecule has 1 aromatic carbocycles. The van der Waals surface area contributed by atoms with E-state index < -0.39 is 16.9 Å². The molecular formula is C21H24ClN3O2S.